The van der Waals surface area contributed by atoms with E-state index >= 15 is 0 Å². The van der Waals surface area contributed by atoms with Crippen molar-refractivity contribution in [3.63, 3.8) is 0 Å². The number of nitrogens with zero attached hydrogens (tertiary/aromatic N) is 3. The van der Waals surface area contributed by atoms with Gasteiger partial charge in [-0.25, -0.2) is 4.98 Å². The number of fused-ring (bicyclic) bond motifs is 3. The summed E-state index contributed by atoms with van der Waals surface area (Å²) >= 11 is 1.74. The zero-order valence-corrected chi connectivity index (χ0v) is 15.7. The molecule has 5 heteroatoms. The molecule has 0 amide bonds. The fourth-order valence-electron chi connectivity index (χ4n) is 3.42. The summed E-state index contributed by atoms with van der Waals surface area (Å²) in [7, 11) is 4.05. The largest absolute Gasteiger partial charge is 0.302 e. The molecule has 126 valence electrons. The SMILES string of the molecule is CC(C)Cn1c(CN(C)C)nc2sc3c(c2c1=O)CCC(C)C3. The maximum absolute atomic E-state index is 13.2. The van der Waals surface area contributed by atoms with Crippen LogP contribution in [0.15, 0.2) is 4.79 Å². The van der Waals surface area contributed by atoms with E-state index in [4.69, 9.17) is 4.98 Å². The van der Waals surface area contributed by atoms with Gasteiger partial charge in [-0.15, -0.1) is 11.3 Å². The Kier molecular flexibility index (Phi) is 4.61. The van der Waals surface area contributed by atoms with Gasteiger partial charge in [0.1, 0.15) is 10.7 Å². The van der Waals surface area contributed by atoms with Crippen LogP contribution < -0.4 is 5.56 Å². The quantitative estimate of drug-likeness (QED) is 0.861. The average Bonchev–Trinajstić information content (AvgIpc) is 2.79. The van der Waals surface area contributed by atoms with E-state index in [0.29, 0.717) is 12.5 Å². The Morgan fingerprint density at radius 1 is 1.39 bits per heavy atom. The number of aryl methyl sites for hydroxylation is 1. The zero-order valence-electron chi connectivity index (χ0n) is 14.8. The number of thiophene rings is 1. The molecule has 0 aromatic carbocycles. The average molecular weight is 334 g/mol. The monoisotopic (exact) mass is 333 g/mol. The standard InChI is InChI=1S/C18H27N3OS/c1-11(2)9-21-15(10-20(4)5)19-17-16(18(21)22)13-7-6-12(3)8-14(13)23-17/h11-12H,6-10H2,1-5H3. The first-order chi connectivity index (χ1) is 10.9. The van der Waals surface area contributed by atoms with Crippen LogP contribution in [0.5, 0.6) is 0 Å². The first-order valence-corrected chi connectivity index (χ1v) is 9.37. The second kappa shape index (κ2) is 6.36. The summed E-state index contributed by atoms with van der Waals surface area (Å²) in [6.45, 7) is 8.06. The molecule has 0 aliphatic heterocycles. The van der Waals surface area contributed by atoms with Gasteiger partial charge in [-0.2, -0.15) is 0 Å². The lowest BCUT2D eigenvalue weighted by atomic mass is 9.89. The van der Waals surface area contributed by atoms with E-state index in [-0.39, 0.29) is 5.56 Å². The molecule has 1 unspecified atom stereocenters. The van der Waals surface area contributed by atoms with Crippen molar-refractivity contribution in [3.05, 3.63) is 26.6 Å². The van der Waals surface area contributed by atoms with Crippen molar-refractivity contribution >= 4 is 21.6 Å². The molecule has 0 saturated heterocycles. The van der Waals surface area contributed by atoms with Gasteiger partial charge in [0.15, 0.2) is 0 Å². The highest BCUT2D eigenvalue weighted by molar-refractivity contribution is 7.18. The predicted molar refractivity (Wildman–Crippen MR) is 97.3 cm³/mol. The van der Waals surface area contributed by atoms with Gasteiger partial charge in [-0.05, 0) is 50.8 Å². The second-order valence-corrected chi connectivity index (χ2v) is 8.69. The van der Waals surface area contributed by atoms with Crippen molar-refractivity contribution in [1.82, 2.24) is 14.5 Å². The van der Waals surface area contributed by atoms with Crippen LogP contribution in [0.25, 0.3) is 10.2 Å². The molecule has 0 saturated carbocycles. The predicted octanol–water partition coefficient (Wildman–Crippen LogP) is 3.30. The molecule has 0 radical (unpaired) electrons. The molecule has 0 spiro atoms. The van der Waals surface area contributed by atoms with E-state index < -0.39 is 0 Å². The molecule has 2 heterocycles. The van der Waals surface area contributed by atoms with Crippen LogP contribution in [0.4, 0.5) is 0 Å². The summed E-state index contributed by atoms with van der Waals surface area (Å²) in [5.74, 6) is 2.05. The van der Waals surface area contributed by atoms with Gasteiger partial charge in [0.25, 0.3) is 5.56 Å². The van der Waals surface area contributed by atoms with Crippen LogP contribution in [-0.4, -0.2) is 28.5 Å². The van der Waals surface area contributed by atoms with Crippen molar-refractivity contribution in [3.8, 4) is 0 Å². The molecule has 2 aromatic heterocycles. The van der Waals surface area contributed by atoms with E-state index in [2.05, 4.69) is 25.7 Å². The molecule has 2 aromatic rings. The maximum atomic E-state index is 13.2. The minimum absolute atomic E-state index is 0.174. The highest BCUT2D eigenvalue weighted by Gasteiger charge is 2.24. The van der Waals surface area contributed by atoms with Gasteiger partial charge in [0, 0.05) is 11.4 Å². The second-order valence-electron chi connectivity index (χ2n) is 7.61. The molecule has 3 rings (SSSR count). The molecule has 1 aliphatic carbocycles. The van der Waals surface area contributed by atoms with Crippen LogP contribution in [0.2, 0.25) is 0 Å². The fourth-order valence-corrected chi connectivity index (χ4v) is 4.81. The van der Waals surface area contributed by atoms with E-state index in [0.717, 1.165) is 41.3 Å². The lowest BCUT2D eigenvalue weighted by Crippen LogP contribution is -2.30. The van der Waals surface area contributed by atoms with Crippen LogP contribution in [0.3, 0.4) is 0 Å². The Labute approximate surface area is 142 Å². The zero-order chi connectivity index (χ0) is 16.7. The summed E-state index contributed by atoms with van der Waals surface area (Å²) in [5, 5.41) is 0.903. The minimum atomic E-state index is 0.174. The highest BCUT2D eigenvalue weighted by Crippen LogP contribution is 2.35. The molecular formula is C18H27N3OS. The number of hydrogen-bond donors (Lipinski definition) is 0. The van der Waals surface area contributed by atoms with Crippen molar-refractivity contribution in [2.24, 2.45) is 11.8 Å². The Morgan fingerprint density at radius 3 is 2.78 bits per heavy atom. The van der Waals surface area contributed by atoms with Gasteiger partial charge in [-0.1, -0.05) is 20.8 Å². The fraction of sp³-hybridized carbons (Fsp3) is 0.667. The Hall–Kier alpha value is -1.20. The van der Waals surface area contributed by atoms with Crippen LogP contribution in [-0.2, 0) is 25.9 Å². The van der Waals surface area contributed by atoms with Gasteiger partial charge < -0.3 is 4.90 Å². The maximum Gasteiger partial charge on any atom is 0.262 e. The Balaban J connectivity index is 2.21. The summed E-state index contributed by atoms with van der Waals surface area (Å²) < 4.78 is 1.91. The summed E-state index contributed by atoms with van der Waals surface area (Å²) in [6, 6.07) is 0. The van der Waals surface area contributed by atoms with Gasteiger partial charge in [0.05, 0.1) is 11.9 Å². The minimum Gasteiger partial charge on any atom is -0.302 e. The third kappa shape index (κ3) is 3.22. The van der Waals surface area contributed by atoms with E-state index in [1.54, 1.807) is 11.3 Å². The summed E-state index contributed by atoms with van der Waals surface area (Å²) in [4.78, 5) is 22.5. The topological polar surface area (TPSA) is 38.1 Å². The van der Waals surface area contributed by atoms with Crippen molar-refractivity contribution in [2.75, 3.05) is 14.1 Å². The van der Waals surface area contributed by atoms with Crippen molar-refractivity contribution in [1.29, 1.82) is 0 Å². The number of aromatic nitrogens is 2. The van der Waals surface area contributed by atoms with Gasteiger partial charge in [-0.3, -0.25) is 9.36 Å². The van der Waals surface area contributed by atoms with Crippen LogP contribution in [0.1, 0.15) is 43.5 Å². The Morgan fingerprint density at radius 2 is 2.13 bits per heavy atom. The summed E-state index contributed by atoms with van der Waals surface area (Å²) in [6.07, 6.45) is 3.31. The van der Waals surface area contributed by atoms with E-state index in [1.807, 2.05) is 18.7 Å². The van der Waals surface area contributed by atoms with Gasteiger partial charge in [0.2, 0.25) is 0 Å². The Bertz CT molecular complexity index is 773. The molecule has 1 aliphatic rings. The highest BCUT2D eigenvalue weighted by atomic mass is 32.1. The molecular weight excluding hydrogens is 306 g/mol. The van der Waals surface area contributed by atoms with E-state index in [1.165, 1.54) is 16.9 Å². The van der Waals surface area contributed by atoms with E-state index in [9.17, 15) is 4.79 Å². The third-order valence-electron chi connectivity index (χ3n) is 4.50. The molecule has 1 atom stereocenters. The first-order valence-electron chi connectivity index (χ1n) is 8.55. The van der Waals surface area contributed by atoms with Crippen LogP contribution >= 0.6 is 11.3 Å². The van der Waals surface area contributed by atoms with Crippen molar-refractivity contribution in [2.45, 2.75) is 53.1 Å². The lowest BCUT2D eigenvalue weighted by Gasteiger charge is -2.19. The smallest absolute Gasteiger partial charge is 0.262 e. The lowest BCUT2D eigenvalue weighted by molar-refractivity contribution is 0.368. The molecule has 23 heavy (non-hydrogen) atoms. The molecule has 0 N–H and O–H groups in total. The molecule has 0 bridgehead atoms. The number of hydrogen-bond acceptors (Lipinski definition) is 4. The first kappa shape index (κ1) is 16.7. The van der Waals surface area contributed by atoms with Crippen LogP contribution in [0, 0.1) is 11.8 Å². The molecule has 0 fully saturated rings. The van der Waals surface area contributed by atoms with Crippen molar-refractivity contribution < 1.29 is 0 Å². The van der Waals surface area contributed by atoms with Gasteiger partial charge >= 0.3 is 0 Å². The molecule has 4 nitrogen and oxygen atoms in total. The normalized spacial score (nSPS) is 18.1. The third-order valence-corrected chi connectivity index (χ3v) is 5.65. The number of rotatable bonds is 4. The summed E-state index contributed by atoms with van der Waals surface area (Å²) in [5.41, 5.74) is 1.46.